The molecule has 0 saturated carbocycles. The number of rotatable bonds is 4. The SMILES string of the molecule is Cn1cncc1CNc1cccnc1-n1cccn1. The number of hydrogen-bond donors (Lipinski definition) is 1. The highest BCUT2D eigenvalue weighted by Crippen LogP contribution is 2.16. The van der Waals surface area contributed by atoms with E-state index in [-0.39, 0.29) is 0 Å². The van der Waals surface area contributed by atoms with Crippen LogP contribution in [0.5, 0.6) is 0 Å². The molecule has 0 atom stereocenters. The van der Waals surface area contributed by atoms with E-state index in [2.05, 4.69) is 20.4 Å². The van der Waals surface area contributed by atoms with Crippen LogP contribution in [0.1, 0.15) is 5.69 Å². The van der Waals surface area contributed by atoms with Crippen LogP contribution in [0.25, 0.3) is 5.82 Å². The van der Waals surface area contributed by atoms with Crippen molar-refractivity contribution in [1.82, 2.24) is 24.3 Å². The first-order chi connectivity index (χ1) is 9.34. The molecule has 0 aromatic carbocycles. The first kappa shape index (κ1) is 11.5. The summed E-state index contributed by atoms with van der Waals surface area (Å²) < 4.78 is 3.72. The number of pyridine rings is 1. The Morgan fingerprint density at radius 1 is 1.26 bits per heavy atom. The Morgan fingerprint density at radius 3 is 2.95 bits per heavy atom. The summed E-state index contributed by atoms with van der Waals surface area (Å²) in [5, 5.41) is 7.57. The topological polar surface area (TPSA) is 60.6 Å². The fourth-order valence-electron chi connectivity index (χ4n) is 1.85. The Balaban J connectivity index is 1.84. The summed E-state index contributed by atoms with van der Waals surface area (Å²) in [6.07, 6.45) is 9.00. The Labute approximate surface area is 110 Å². The van der Waals surface area contributed by atoms with Crippen molar-refractivity contribution >= 4 is 5.69 Å². The van der Waals surface area contributed by atoms with Crippen molar-refractivity contribution in [2.75, 3.05) is 5.32 Å². The first-order valence-electron chi connectivity index (χ1n) is 5.99. The lowest BCUT2D eigenvalue weighted by atomic mass is 10.3. The second-order valence-electron chi connectivity index (χ2n) is 4.17. The van der Waals surface area contributed by atoms with Gasteiger partial charge in [0.2, 0.25) is 0 Å². The molecule has 0 spiro atoms. The van der Waals surface area contributed by atoms with Crippen molar-refractivity contribution in [2.24, 2.45) is 7.05 Å². The molecule has 0 bridgehead atoms. The average molecular weight is 254 g/mol. The van der Waals surface area contributed by atoms with Crippen LogP contribution in [0.4, 0.5) is 5.69 Å². The summed E-state index contributed by atoms with van der Waals surface area (Å²) >= 11 is 0. The van der Waals surface area contributed by atoms with Crippen LogP contribution in [0.15, 0.2) is 49.3 Å². The number of nitrogens with one attached hydrogen (secondary N) is 1. The smallest absolute Gasteiger partial charge is 0.176 e. The largest absolute Gasteiger partial charge is 0.376 e. The Kier molecular flexibility index (Phi) is 2.97. The minimum Gasteiger partial charge on any atom is -0.376 e. The van der Waals surface area contributed by atoms with Crippen molar-refractivity contribution in [2.45, 2.75) is 6.54 Å². The monoisotopic (exact) mass is 254 g/mol. The molecular weight excluding hydrogens is 240 g/mol. The molecule has 6 heteroatoms. The second-order valence-corrected chi connectivity index (χ2v) is 4.17. The van der Waals surface area contributed by atoms with E-state index >= 15 is 0 Å². The molecule has 1 N–H and O–H groups in total. The zero-order chi connectivity index (χ0) is 13.1. The van der Waals surface area contributed by atoms with Gasteiger partial charge in [0, 0.05) is 31.8 Å². The van der Waals surface area contributed by atoms with E-state index in [0.29, 0.717) is 6.54 Å². The lowest BCUT2D eigenvalue weighted by molar-refractivity contribution is 0.826. The van der Waals surface area contributed by atoms with Crippen molar-refractivity contribution < 1.29 is 0 Å². The van der Waals surface area contributed by atoms with Crippen LogP contribution < -0.4 is 5.32 Å². The average Bonchev–Trinajstić information content (AvgIpc) is 3.08. The number of aryl methyl sites for hydroxylation is 1. The van der Waals surface area contributed by atoms with E-state index in [1.165, 1.54) is 0 Å². The molecule has 0 radical (unpaired) electrons. The van der Waals surface area contributed by atoms with Gasteiger partial charge < -0.3 is 9.88 Å². The second kappa shape index (κ2) is 4.93. The van der Waals surface area contributed by atoms with E-state index in [9.17, 15) is 0 Å². The molecule has 0 aliphatic heterocycles. The van der Waals surface area contributed by atoms with E-state index < -0.39 is 0 Å². The number of imidazole rings is 1. The normalized spacial score (nSPS) is 10.6. The quantitative estimate of drug-likeness (QED) is 0.768. The molecule has 0 saturated heterocycles. The molecule has 0 unspecified atom stereocenters. The lowest BCUT2D eigenvalue weighted by Gasteiger charge is -2.11. The summed E-state index contributed by atoms with van der Waals surface area (Å²) in [4.78, 5) is 8.46. The molecule has 6 nitrogen and oxygen atoms in total. The van der Waals surface area contributed by atoms with Gasteiger partial charge in [-0.15, -0.1) is 0 Å². The highest BCUT2D eigenvalue weighted by Gasteiger charge is 2.06. The minimum absolute atomic E-state index is 0.691. The lowest BCUT2D eigenvalue weighted by Crippen LogP contribution is -2.08. The van der Waals surface area contributed by atoms with Crippen molar-refractivity contribution in [3.63, 3.8) is 0 Å². The van der Waals surface area contributed by atoms with Gasteiger partial charge >= 0.3 is 0 Å². The first-order valence-corrected chi connectivity index (χ1v) is 5.99. The van der Waals surface area contributed by atoms with Crippen LogP contribution in [-0.2, 0) is 13.6 Å². The summed E-state index contributed by atoms with van der Waals surface area (Å²) in [6.45, 7) is 0.691. The number of hydrogen-bond acceptors (Lipinski definition) is 4. The van der Waals surface area contributed by atoms with Crippen LogP contribution in [0, 0.1) is 0 Å². The van der Waals surface area contributed by atoms with Gasteiger partial charge in [-0.3, -0.25) is 0 Å². The molecule has 0 aliphatic carbocycles. The molecule has 3 rings (SSSR count). The molecule has 3 heterocycles. The molecular formula is C13H14N6. The highest BCUT2D eigenvalue weighted by molar-refractivity contribution is 5.56. The van der Waals surface area contributed by atoms with E-state index in [4.69, 9.17) is 0 Å². The zero-order valence-corrected chi connectivity index (χ0v) is 10.6. The summed E-state index contributed by atoms with van der Waals surface area (Å²) in [6, 6.07) is 5.76. The third-order valence-electron chi connectivity index (χ3n) is 2.88. The molecule has 3 aromatic rings. The van der Waals surface area contributed by atoms with E-state index in [1.807, 2.05) is 42.2 Å². The summed E-state index contributed by atoms with van der Waals surface area (Å²) in [5.41, 5.74) is 2.04. The fraction of sp³-hybridized carbons (Fsp3) is 0.154. The van der Waals surface area contributed by atoms with Crippen LogP contribution in [0.3, 0.4) is 0 Å². The van der Waals surface area contributed by atoms with Gasteiger partial charge in [-0.1, -0.05) is 0 Å². The van der Waals surface area contributed by atoms with Crippen molar-refractivity contribution in [3.8, 4) is 5.82 Å². The predicted octanol–water partition coefficient (Wildman–Crippen LogP) is 1.61. The van der Waals surface area contributed by atoms with Gasteiger partial charge in [-0.2, -0.15) is 5.10 Å². The number of anilines is 1. The maximum absolute atomic E-state index is 4.36. The number of aromatic nitrogens is 5. The van der Waals surface area contributed by atoms with E-state index in [1.54, 1.807) is 23.4 Å². The predicted molar refractivity (Wildman–Crippen MR) is 71.9 cm³/mol. The van der Waals surface area contributed by atoms with Gasteiger partial charge in [-0.25, -0.2) is 14.6 Å². The molecule has 0 amide bonds. The third kappa shape index (κ3) is 2.33. The summed E-state index contributed by atoms with van der Waals surface area (Å²) in [5.74, 6) is 0.787. The number of nitrogens with zero attached hydrogens (tertiary/aromatic N) is 5. The van der Waals surface area contributed by atoms with Crippen LogP contribution in [-0.4, -0.2) is 24.3 Å². The molecule has 96 valence electrons. The standard InChI is InChI=1S/C13H14N6/c1-18-10-14-8-11(18)9-16-12-4-2-5-15-13(12)19-7-3-6-17-19/h2-8,10,16H,9H2,1H3. The fourth-order valence-corrected chi connectivity index (χ4v) is 1.85. The minimum atomic E-state index is 0.691. The maximum Gasteiger partial charge on any atom is 0.176 e. The van der Waals surface area contributed by atoms with Gasteiger partial charge in [0.25, 0.3) is 0 Å². The van der Waals surface area contributed by atoms with Crippen molar-refractivity contribution in [1.29, 1.82) is 0 Å². The Bertz CT molecular complexity index is 655. The third-order valence-corrected chi connectivity index (χ3v) is 2.88. The molecule has 3 aromatic heterocycles. The van der Waals surface area contributed by atoms with Crippen LogP contribution in [0.2, 0.25) is 0 Å². The highest BCUT2D eigenvalue weighted by atomic mass is 15.3. The van der Waals surface area contributed by atoms with Gasteiger partial charge in [0.1, 0.15) is 0 Å². The molecule has 19 heavy (non-hydrogen) atoms. The van der Waals surface area contributed by atoms with Crippen LogP contribution >= 0.6 is 0 Å². The zero-order valence-electron chi connectivity index (χ0n) is 10.6. The van der Waals surface area contributed by atoms with E-state index in [0.717, 1.165) is 17.2 Å². The van der Waals surface area contributed by atoms with Gasteiger partial charge in [0.05, 0.1) is 24.3 Å². The molecule has 0 fully saturated rings. The summed E-state index contributed by atoms with van der Waals surface area (Å²) in [7, 11) is 1.97. The van der Waals surface area contributed by atoms with Gasteiger partial charge in [-0.05, 0) is 18.2 Å². The van der Waals surface area contributed by atoms with Gasteiger partial charge in [0.15, 0.2) is 5.82 Å². The van der Waals surface area contributed by atoms with Crippen molar-refractivity contribution in [3.05, 3.63) is 55.0 Å². The maximum atomic E-state index is 4.36. The molecule has 0 aliphatic rings. The Hall–Kier alpha value is -2.63. The Morgan fingerprint density at radius 2 is 2.21 bits per heavy atom.